The molecule has 2 rings (SSSR count). The van der Waals surface area contributed by atoms with Crippen LogP contribution in [0.4, 0.5) is 0 Å². The van der Waals surface area contributed by atoms with Crippen molar-refractivity contribution >= 4 is 5.97 Å². The molecule has 0 heterocycles. The Morgan fingerprint density at radius 1 is 1.03 bits per heavy atom. The number of rotatable bonds is 6. The van der Waals surface area contributed by atoms with Gasteiger partial charge in [-0.25, -0.2) is 4.79 Å². The van der Waals surface area contributed by atoms with Gasteiger partial charge in [-0.1, -0.05) is 32.9 Å². The van der Waals surface area contributed by atoms with Gasteiger partial charge >= 0.3 is 5.97 Å². The van der Waals surface area contributed by atoms with Crippen molar-refractivity contribution in [3.05, 3.63) is 58.1 Å². The summed E-state index contributed by atoms with van der Waals surface area (Å²) < 4.78 is 10.9. The maximum atomic E-state index is 11.9. The molecule has 0 amide bonds. The first-order valence-corrected chi connectivity index (χ1v) is 10.2. The summed E-state index contributed by atoms with van der Waals surface area (Å²) in [5, 5.41) is 10.6. The Morgan fingerprint density at radius 3 is 2.10 bits per heavy atom. The van der Waals surface area contributed by atoms with Crippen LogP contribution in [0.2, 0.25) is 0 Å². The fourth-order valence-corrected chi connectivity index (χ4v) is 3.66. The standard InChI is InChI=1S/C25H34O4/c1-15(2)19-9-10-21(22(26)13-19)18(5)24-16(3)11-20(12-17(24)4)28-14-23(27)29-25(6,7)8/h9-13,15,18,26H,14H2,1-8H3. The van der Waals surface area contributed by atoms with Gasteiger partial charge in [-0.05, 0) is 81.0 Å². The van der Waals surface area contributed by atoms with Crippen LogP contribution in [0.5, 0.6) is 11.5 Å². The molecule has 0 bridgehead atoms. The molecule has 0 spiro atoms. The van der Waals surface area contributed by atoms with Crippen molar-refractivity contribution in [3.8, 4) is 11.5 Å². The Bertz CT molecular complexity index is 852. The number of phenols is 1. The van der Waals surface area contributed by atoms with Crippen molar-refractivity contribution in [2.24, 2.45) is 0 Å². The fraction of sp³-hybridized carbons (Fsp3) is 0.480. The van der Waals surface area contributed by atoms with Crippen molar-refractivity contribution < 1.29 is 19.4 Å². The van der Waals surface area contributed by atoms with Crippen molar-refractivity contribution in [1.29, 1.82) is 0 Å². The summed E-state index contributed by atoms with van der Waals surface area (Å²) in [7, 11) is 0. The summed E-state index contributed by atoms with van der Waals surface area (Å²) in [6, 6.07) is 9.82. The summed E-state index contributed by atoms with van der Waals surface area (Å²) in [6.45, 7) is 15.8. The van der Waals surface area contributed by atoms with E-state index < -0.39 is 5.60 Å². The van der Waals surface area contributed by atoms with Gasteiger partial charge in [-0.15, -0.1) is 0 Å². The molecule has 2 aromatic rings. The maximum absolute atomic E-state index is 11.9. The quantitative estimate of drug-likeness (QED) is 0.606. The minimum absolute atomic E-state index is 0.0381. The first-order chi connectivity index (χ1) is 13.4. The molecule has 2 aromatic carbocycles. The lowest BCUT2D eigenvalue weighted by Gasteiger charge is -2.22. The lowest BCUT2D eigenvalue weighted by molar-refractivity contribution is -0.157. The SMILES string of the molecule is Cc1cc(OCC(=O)OC(C)(C)C)cc(C)c1C(C)c1ccc(C(C)C)cc1O. The van der Waals surface area contributed by atoms with E-state index in [0.29, 0.717) is 17.4 Å². The maximum Gasteiger partial charge on any atom is 0.344 e. The van der Waals surface area contributed by atoms with Crippen molar-refractivity contribution in [3.63, 3.8) is 0 Å². The third-order valence-electron chi connectivity index (χ3n) is 4.96. The van der Waals surface area contributed by atoms with Crippen LogP contribution in [0.25, 0.3) is 0 Å². The van der Waals surface area contributed by atoms with Gasteiger partial charge in [0.15, 0.2) is 6.61 Å². The average molecular weight is 399 g/mol. The number of carbonyl (C=O) groups is 1. The highest BCUT2D eigenvalue weighted by molar-refractivity contribution is 5.71. The smallest absolute Gasteiger partial charge is 0.344 e. The fourth-order valence-electron chi connectivity index (χ4n) is 3.66. The number of esters is 1. The Morgan fingerprint density at radius 2 is 1.62 bits per heavy atom. The minimum atomic E-state index is -0.529. The molecule has 1 atom stereocenters. The third kappa shape index (κ3) is 5.99. The summed E-state index contributed by atoms with van der Waals surface area (Å²) in [4.78, 5) is 11.9. The predicted molar refractivity (Wildman–Crippen MR) is 117 cm³/mol. The van der Waals surface area contributed by atoms with E-state index >= 15 is 0 Å². The minimum Gasteiger partial charge on any atom is -0.508 e. The predicted octanol–water partition coefficient (Wildman–Crippen LogP) is 6.00. The van der Waals surface area contributed by atoms with Gasteiger partial charge in [-0.3, -0.25) is 0 Å². The van der Waals surface area contributed by atoms with E-state index in [1.54, 1.807) is 0 Å². The second kappa shape index (κ2) is 8.89. The number of carbonyl (C=O) groups excluding carboxylic acids is 1. The molecule has 1 N–H and O–H groups in total. The van der Waals surface area contributed by atoms with Gasteiger partial charge in [0, 0.05) is 11.5 Å². The van der Waals surface area contributed by atoms with Crippen LogP contribution in [-0.2, 0) is 9.53 Å². The van der Waals surface area contributed by atoms with E-state index in [1.165, 1.54) is 0 Å². The van der Waals surface area contributed by atoms with Gasteiger partial charge in [0.05, 0.1) is 0 Å². The number of benzene rings is 2. The molecule has 4 nitrogen and oxygen atoms in total. The second-order valence-electron chi connectivity index (χ2n) is 9.04. The number of hydrogen-bond acceptors (Lipinski definition) is 4. The van der Waals surface area contributed by atoms with Crippen LogP contribution in [-0.4, -0.2) is 23.3 Å². The van der Waals surface area contributed by atoms with E-state index in [-0.39, 0.29) is 18.5 Å². The number of ether oxygens (including phenoxy) is 2. The second-order valence-corrected chi connectivity index (χ2v) is 9.04. The largest absolute Gasteiger partial charge is 0.508 e. The first kappa shape index (κ1) is 22.8. The zero-order chi connectivity index (χ0) is 21.9. The molecule has 1 unspecified atom stereocenters. The first-order valence-electron chi connectivity index (χ1n) is 10.2. The molecular formula is C25H34O4. The molecule has 0 aliphatic carbocycles. The molecule has 0 aromatic heterocycles. The monoisotopic (exact) mass is 398 g/mol. The van der Waals surface area contributed by atoms with E-state index in [9.17, 15) is 9.90 Å². The summed E-state index contributed by atoms with van der Waals surface area (Å²) in [5.41, 5.74) is 4.77. The van der Waals surface area contributed by atoms with E-state index in [2.05, 4.69) is 26.8 Å². The van der Waals surface area contributed by atoms with Gasteiger partial charge < -0.3 is 14.6 Å². The van der Waals surface area contributed by atoms with Crippen molar-refractivity contribution in [2.75, 3.05) is 6.61 Å². The molecule has 4 heteroatoms. The molecule has 0 radical (unpaired) electrons. The Balaban J connectivity index is 2.22. The lowest BCUT2D eigenvalue weighted by atomic mass is 9.85. The highest BCUT2D eigenvalue weighted by Gasteiger charge is 2.20. The molecule has 29 heavy (non-hydrogen) atoms. The van der Waals surface area contributed by atoms with Crippen LogP contribution in [0, 0.1) is 13.8 Å². The van der Waals surface area contributed by atoms with Gasteiger partial charge in [0.1, 0.15) is 17.1 Å². The zero-order valence-electron chi connectivity index (χ0n) is 18.9. The molecule has 0 saturated carbocycles. The number of phenolic OH excluding ortho intramolecular Hbond substituents is 1. The van der Waals surface area contributed by atoms with Crippen LogP contribution in [0.3, 0.4) is 0 Å². The Kier molecular flexibility index (Phi) is 6.99. The van der Waals surface area contributed by atoms with E-state index in [4.69, 9.17) is 9.47 Å². The number of aryl methyl sites for hydroxylation is 2. The van der Waals surface area contributed by atoms with Gasteiger partial charge in [0.25, 0.3) is 0 Å². The molecule has 0 saturated heterocycles. The van der Waals surface area contributed by atoms with Crippen LogP contribution < -0.4 is 4.74 Å². The van der Waals surface area contributed by atoms with Crippen molar-refractivity contribution in [1.82, 2.24) is 0 Å². The Labute approximate surface area is 174 Å². The molecule has 158 valence electrons. The summed E-state index contributed by atoms with van der Waals surface area (Å²) in [6.07, 6.45) is 0. The van der Waals surface area contributed by atoms with Crippen LogP contribution in [0.15, 0.2) is 30.3 Å². The molecule has 0 aliphatic rings. The average Bonchev–Trinajstić information content (AvgIpc) is 2.57. The Hall–Kier alpha value is -2.49. The van der Waals surface area contributed by atoms with Crippen LogP contribution in [0.1, 0.15) is 81.2 Å². The van der Waals surface area contributed by atoms with Gasteiger partial charge in [-0.2, -0.15) is 0 Å². The van der Waals surface area contributed by atoms with Crippen LogP contribution >= 0.6 is 0 Å². The van der Waals surface area contributed by atoms with E-state index in [0.717, 1.165) is 27.8 Å². The summed E-state index contributed by atoms with van der Waals surface area (Å²) in [5.74, 6) is 0.987. The molecular weight excluding hydrogens is 364 g/mol. The topological polar surface area (TPSA) is 55.8 Å². The zero-order valence-corrected chi connectivity index (χ0v) is 18.9. The lowest BCUT2D eigenvalue weighted by Crippen LogP contribution is -2.27. The molecule has 0 fully saturated rings. The number of hydrogen-bond donors (Lipinski definition) is 1. The van der Waals surface area contributed by atoms with Crippen molar-refractivity contribution in [2.45, 2.75) is 72.8 Å². The number of aromatic hydroxyl groups is 1. The van der Waals surface area contributed by atoms with Gasteiger partial charge in [0.2, 0.25) is 0 Å². The highest BCUT2D eigenvalue weighted by Crippen LogP contribution is 2.37. The highest BCUT2D eigenvalue weighted by atomic mass is 16.6. The van der Waals surface area contributed by atoms with E-state index in [1.807, 2.05) is 58.9 Å². The summed E-state index contributed by atoms with van der Waals surface area (Å²) >= 11 is 0. The third-order valence-corrected chi connectivity index (χ3v) is 4.96. The molecule has 0 aliphatic heterocycles. The normalized spacial score (nSPS) is 12.7.